The molecule has 0 radical (unpaired) electrons. The van der Waals surface area contributed by atoms with Gasteiger partial charge in [0.2, 0.25) is 0 Å². The number of carbonyl (C=O) groups is 2. The van der Waals surface area contributed by atoms with E-state index in [4.69, 9.17) is 14.9 Å². The number of hydrogen-bond donors (Lipinski definition) is 3. The summed E-state index contributed by atoms with van der Waals surface area (Å²) in [4.78, 5) is 27.9. The number of anilines is 1. The zero-order valence-electron chi connectivity index (χ0n) is 10.7. The van der Waals surface area contributed by atoms with E-state index >= 15 is 0 Å². The molecule has 2 rings (SSSR count). The zero-order chi connectivity index (χ0) is 14.5. The number of amides is 2. The fraction of sp³-hybridized carbons (Fsp3) is 0.417. The van der Waals surface area contributed by atoms with E-state index in [0.717, 1.165) is 0 Å². The first-order chi connectivity index (χ1) is 9.60. The lowest BCUT2D eigenvalue weighted by molar-refractivity contribution is -0.0388. The summed E-state index contributed by atoms with van der Waals surface area (Å²) >= 11 is 0. The molecule has 20 heavy (non-hydrogen) atoms. The first-order valence-electron chi connectivity index (χ1n) is 6.08. The maximum atomic E-state index is 12.0. The van der Waals surface area contributed by atoms with E-state index in [-0.39, 0.29) is 24.4 Å². The predicted molar refractivity (Wildman–Crippen MR) is 68.6 cm³/mol. The number of nitrogens with one attached hydrogen (secondary N) is 1. The molecule has 0 saturated carbocycles. The van der Waals surface area contributed by atoms with E-state index in [1.807, 2.05) is 0 Å². The summed E-state index contributed by atoms with van der Waals surface area (Å²) in [6.45, 7) is 0.972. The number of aromatic nitrogens is 1. The zero-order valence-corrected chi connectivity index (χ0v) is 10.7. The summed E-state index contributed by atoms with van der Waals surface area (Å²) in [5, 5.41) is 20.4. The third-order valence-electron chi connectivity index (χ3n) is 2.86. The Labute approximate surface area is 115 Å². The quantitative estimate of drug-likeness (QED) is 0.719. The molecule has 2 amide bonds. The van der Waals surface area contributed by atoms with Crippen LogP contribution >= 0.6 is 0 Å². The smallest absolute Gasteiger partial charge is 0.354 e. The first-order valence-corrected chi connectivity index (χ1v) is 6.08. The predicted octanol–water partition coefficient (Wildman–Crippen LogP) is 0.00480. The molecule has 1 fully saturated rings. The molecule has 1 atom stereocenters. The second kappa shape index (κ2) is 6.31. The van der Waals surface area contributed by atoms with Crippen LogP contribution in [0.15, 0.2) is 18.3 Å². The highest BCUT2D eigenvalue weighted by molar-refractivity contribution is 5.90. The van der Waals surface area contributed by atoms with Crippen molar-refractivity contribution in [2.75, 3.05) is 31.6 Å². The molecular weight excluding hydrogens is 266 g/mol. The molecule has 1 aliphatic heterocycles. The molecule has 1 aromatic rings. The lowest BCUT2D eigenvalue weighted by Crippen LogP contribution is -2.48. The molecule has 8 nitrogen and oxygen atoms in total. The SMILES string of the molecule is O=C(O)c1ccc(NC(=O)N2CCOC(CO)C2)cn1. The Morgan fingerprint density at radius 3 is 2.90 bits per heavy atom. The van der Waals surface area contributed by atoms with Crippen LogP contribution in [-0.4, -0.2) is 64.5 Å². The van der Waals surface area contributed by atoms with Crippen LogP contribution < -0.4 is 5.32 Å². The minimum atomic E-state index is -1.12. The number of carbonyl (C=O) groups excluding carboxylic acids is 1. The number of rotatable bonds is 3. The average Bonchev–Trinajstić information content (AvgIpc) is 2.47. The van der Waals surface area contributed by atoms with Gasteiger partial charge in [0.25, 0.3) is 0 Å². The van der Waals surface area contributed by atoms with Crippen molar-refractivity contribution >= 4 is 17.7 Å². The number of morpholine rings is 1. The van der Waals surface area contributed by atoms with Crippen molar-refractivity contribution in [3.63, 3.8) is 0 Å². The summed E-state index contributed by atoms with van der Waals surface area (Å²) in [7, 11) is 0. The number of urea groups is 1. The van der Waals surface area contributed by atoms with Gasteiger partial charge < -0.3 is 25.2 Å². The average molecular weight is 281 g/mol. The maximum absolute atomic E-state index is 12.0. The second-order valence-corrected chi connectivity index (χ2v) is 4.29. The summed E-state index contributed by atoms with van der Waals surface area (Å²) in [5.74, 6) is -1.12. The molecule has 1 aromatic heterocycles. The normalized spacial score (nSPS) is 18.6. The number of aliphatic hydroxyl groups excluding tert-OH is 1. The van der Waals surface area contributed by atoms with Gasteiger partial charge >= 0.3 is 12.0 Å². The third kappa shape index (κ3) is 3.43. The minimum Gasteiger partial charge on any atom is -0.477 e. The van der Waals surface area contributed by atoms with Gasteiger partial charge in [-0.2, -0.15) is 0 Å². The van der Waals surface area contributed by atoms with E-state index in [9.17, 15) is 9.59 Å². The van der Waals surface area contributed by atoms with Crippen molar-refractivity contribution in [2.45, 2.75) is 6.10 Å². The Bertz CT molecular complexity index is 490. The van der Waals surface area contributed by atoms with Gasteiger partial charge in [-0.1, -0.05) is 0 Å². The maximum Gasteiger partial charge on any atom is 0.354 e. The number of carboxylic acid groups (broad SMARTS) is 1. The fourth-order valence-electron chi connectivity index (χ4n) is 1.81. The van der Waals surface area contributed by atoms with Crippen LogP contribution in [0.2, 0.25) is 0 Å². The topological polar surface area (TPSA) is 112 Å². The summed E-state index contributed by atoms with van der Waals surface area (Å²) in [5.41, 5.74) is 0.321. The molecule has 0 aromatic carbocycles. The Hall–Kier alpha value is -2.19. The van der Waals surface area contributed by atoms with Gasteiger partial charge in [-0.05, 0) is 12.1 Å². The molecule has 108 valence electrons. The lowest BCUT2D eigenvalue weighted by Gasteiger charge is -2.31. The third-order valence-corrected chi connectivity index (χ3v) is 2.86. The molecular formula is C12H15N3O5. The van der Waals surface area contributed by atoms with Crippen LogP contribution in [0, 0.1) is 0 Å². The summed E-state index contributed by atoms with van der Waals surface area (Å²) in [6.07, 6.45) is 0.910. The Morgan fingerprint density at radius 1 is 1.50 bits per heavy atom. The van der Waals surface area contributed by atoms with Crippen LogP contribution in [-0.2, 0) is 4.74 Å². The molecule has 1 unspecified atom stereocenters. The standard InChI is InChI=1S/C12H15N3O5/c16-7-9-6-15(3-4-20-9)12(19)14-8-1-2-10(11(17)18)13-5-8/h1-2,5,9,16H,3-4,6-7H2,(H,14,19)(H,17,18). The van der Waals surface area contributed by atoms with E-state index in [1.54, 1.807) is 0 Å². The Kier molecular flexibility index (Phi) is 4.49. The van der Waals surface area contributed by atoms with Crippen LogP contribution in [0.25, 0.3) is 0 Å². The van der Waals surface area contributed by atoms with E-state index < -0.39 is 5.97 Å². The van der Waals surface area contributed by atoms with Gasteiger partial charge in [0.05, 0.1) is 37.7 Å². The number of aliphatic hydroxyl groups is 1. The number of hydrogen-bond acceptors (Lipinski definition) is 5. The van der Waals surface area contributed by atoms with E-state index in [0.29, 0.717) is 25.4 Å². The first kappa shape index (κ1) is 14.2. The number of carboxylic acids is 1. The van der Waals surface area contributed by atoms with Crippen LogP contribution in [0.4, 0.5) is 10.5 Å². The lowest BCUT2D eigenvalue weighted by atomic mass is 10.3. The number of aromatic carboxylic acids is 1. The van der Waals surface area contributed by atoms with E-state index in [2.05, 4.69) is 10.3 Å². The molecule has 0 aliphatic carbocycles. The summed E-state index contributed by atoms with van der Waals surface area (Å²) in [6, 6.07) is 2.45. The highest BCUT2D eigenvalue weighted by atomic mass is 16.5. The van der Waals surface area contributed by atoms with Gasteiger partial charge in [0, 0.05) is 6.54 Å². The second-order valence-electron chi connectivity index (χ2n) is 4.29. The molecule has 8 heteroatoms. The van der Waals surface area contributed by atoms with Crippen molar-refractivity contribution in [3.8, 4) is 0 Å². The van der Waals surface area contributed by atoms with Crippen molar-refractivity contribution in [1.29, 1.82) is 0 Å². The van der Waals surface area contributed by atoms with Crippen LogP contribution in [0.3, 0.4) is 0 Å². The van der Waals surface area contributed by atoms with Crippen LogP contribution in [0.5, 0.6) is 0 Å². The Morgan fingerprint density at radius 2 is 2.30 bits per heavy atom. The van der Waals surface area contributed by atoms with Gasteiger partial charge in [-0.15, -0.1) is 0 Å². The highest BCUT2D eigenvalue weighted by Gasteiger charge is 2.23. The van der Waals surface area contributed by atoms with Gasteiger partial charge in [0.1, 0.15) is 5.69 Å². The van der Waals surface area contributed by atoms with Crippen LogP contribution in [0.1, 0.15) is 10.5 Å². The van der Waals surface area contributed by atoms with Crippen molar-refractivity contribution in [2.24, 2.45) is 0 Å². The number of nitrogens with zero attached hydrogens (tertiary/aromatic N) is 2. The highest BCUT2D eigenvalue weighted by Crippen LogP contribution is 2.10. The number of ether oxygens (including phenoxy) is 1. The molecule has 1 saturated heterocycles. The summed E-state index contributed by atoms with van der Waals surface area (Å²) < 4.78 is 5.25. The van der Waals surface area contributed by atoms with Gasteiger partial charge in [-0.25, -0.2) is 14.6 Å². The van der Waals surface area contributed by atoms with Gasteiger partial charge in [0.15, 0.2) is 0 Å². The molecule has 0 bridgehead atoms. The largest absolute Gasteiger partial charge is 0.477 e. The van der Waals surface area contributed by atoms with Crippen molar-refractivity contribution < 1.29 is 24.5 Å². The monoisotopic (exact) mass is 281 g/mol. The molecule has 2 heterocycles. The molecule has 0 spiro atoms. The van der Waals surface area contributed by atoms with Crippen molar-refractivity contribution in [3.05, 3.63) is 24.0 Å². The number of pyridine rings is 1. The minimum absolute atomic E-state index is 0.0882. The van der Waals surface area contributed by atoms with Crippen molar-refractivity contribution in [1.82, 2.24) is 9.88 Å². The molecule has 3 N–H and O–H groups in total. The Balaban J connectivity index is 1.95. The fourth-order valence-corrected chi connectivity index (χ4v) is 1.81. The molecule has 1 aliphatic rings. The van der Waals surface area contributed by atoms with Gasteiger partial charge in [-0.3, -0.25) is 0 Å². The van der Waals surface area contributed by atoms with E-state index in [1.165, 1.54) is 23.2 Å².